The Hall–Kier alpha value is -1.68. The van der Waals surface area contributed by atoms with Crippen molar-refractivity contribution in [2.75, 3.05) is 7.05 Å². The second kappa shape index (κ2) is 4.45. The molecule has 84 valence electrons. The summed E-state index contributed by atoms with van der Waals surface area (Å²) in [4.78, 5) is 4.13. The summed E-state index contributed by atoms with van der Waals surface area (Å²) in [5.74, 6) is 0. The Bertz CT molecular complexity index is 508. The molecule has 2 aromatic rings. The molecule has 0 fully saturated rings. The van der Waals surface area contributed by atoms with E-state index in [0.29, 0.717) is 0 Å². The molecule has 1 N–H and O–H groups in total. The molecule has 0 aliphatic heterocycles. The Morgan fingerprint density at radius 2 is 2.25 bits per heavy atom. The fraction of sp³-hybridized carbons (Fsp3) is 0.333. The third kappa shape index (κ3) is 1.97. The zero-order chi connectivity index (χ0) is 11.5. The molecule has 2 heterocycles. The van der Waals surface area contributed by atoms with Gasteiger partial charge in [-0.3, -0.25) is 4.98 Å². The number of hydrogen-bond acceptors (Lipinski definition) is 3. The molecular weight excluding hydrogens is 200 g/mol. The second-order valence-corrected chi connectivity index (χ2v) is 4.02. The van der Waals surface area contributed by atoms with Crippen LogP contribution in [0, 0.1) is 0 Å². The number of nitrogens with one attached hydrogen (secondary N) is 1. The van der Waals surface area contributed by atoms with Gasteiger partial charge in [-0.2, -0.15) is 5.10 Å². The Morgan fingerprint density at radius 1 is 1.44 bits per heavy atom. The van der Waals surface area contributed by atoms with Gasteiger partial charge in [0.25, 0.3) is 0 Å². The number of hydrogen-bond donors (Lipinski definition) is 1. The lowest BCUT2D eigenvalue weighted by Gasteiger charge is -2.10. The molecule has 16 heavy (non-hydrogen) atoms. The molecule has 0 aliphatic carbocycles. The standard InChI is InChI=1S/C12H16N4/c1-9(2)6-11(13-3)10-7-15-16-5-4-14-8-12(10)16/h4-8,11,13H,1-3H3. The molecule has 2 rings (SSSR count). The van der Waals surface area contributed by atoms with Crippen LogP contribution in [0.4, 0.5) is 0 Å². The van der Waals surface area contributed by atoms with E-state index in [1.54, 1.807) is 6.20 Å². The summed E-state index contributed by atoms with van der Waals surface area (Å²) in [5, 5.41) is 7.57. The topological polar surface area (TPSA) is 42.2 Å². The van der Waals surface area contributed by atoms with Gasteiger partial charge in [-0.1, -0.05) is 11.6 Å². The number of likely N-dealkylation sites (N-methyl/N-ethyl adjacent to an activating group) is 1. The van der Waals surface area contributed by atoms with Crippen LogP contribution < -0.4 is 5.32 Å². The van der Waals surface area contributed by atoms with Crippen LogP contribution >= 0.6 is 0 Å². The summed E-state index contributed by atoms with van der Waals surface area (Å²) >= 11 is 0. The highest BCUT2D eigenvalue weighted by molar-refractivity contribution is 5.54. The molecule has 0 saturated carbocycles. The molecule has 0 bridgehead atoms. The van der Waals surface area contributed by atoms with Gasteiger partial charge in [0.2, 0.25) is 0 Å². The van der Waals surface area contributed by atoms with Crippen LogP contribution in [0.25, 0.3) is 5.52 Å². The van der Waals surface area contributed by atoms with E-state index in [1.807, 2.05) is 30.2 Å². The van der Waals surface area contributed by atoms with E-state index >= 15 is 0 Å². The molecule has 0 amide bonds. The van der Waals surface area contributed by atoms with E-state index in [-0.39, 0.29) is 6.04 Å². The highest BCUT2D eigenvalue weighted by Gasteiger charge is 2.11. The third-order valence-corrected chi connectivity index (χ3v) is 2.50. The van der Waals surface area contributed by atoms with Crippen molar-refractivity contribution >= 4 is 5.52 Å². The molecule has 0 radical (unpaired) electrons. The highest BCUT2D eigenvalue weighted by atomic mass is 15.2. The second-order valence-electron chi connectivity index (χ2n) is 4.02. The summed E-state index contributed by atoms with van der Waals surface area (Å²) in [6, 6.07) is 0.187. The maximum atomic E-state index is 4.30. The Kier molecular flexibility index (Phi) is 3.01. The van der Waals surface area contributed by atoms with Crippen molar-refractivity contribution in [1.82, 2.24) is 19.9 Å². The lowest BCUT2D eigenvalue weighted by atomic mass is 10.1. The summed E-state index contributed by atoms with van der Waals surface area (Å²) in [6.45, 7) is 4.18. The van der Waals surface area contributed by atoms with E-state index in [0.717, 1.165) is 11.1 Å². The van der Waals surface area contributed by atoms with Crippen molar-refractivity contribution in [1.29, 1.82) is 0 Å². The average Bonchev–Trinajstić information content (AvgIpc) is 2.69. The van der Waals surface area contributed by atoms with Crippen LogP contribution in [0.2, 0.25) is 0 Å². The molecule has 2 aromatic heterocycles. The minimum Gasteiger partial charge on any atom is -0.310 e. The molecule has 0 spiro atoms. The maximum absolute atomic E-state index is 4.30. The monoisotopic (exact) mass is 216 g/mol. The molecule has 1 unspecified atom stereocenters. The Balaban J connectivity index is 2.49. The largest absolute Gasteiger partial charge is 0.310 e. The summed E-state index contributed by atoms with van der Waals surface area (Å²) < 4.78 is 1.84. The van der Waals surface area contributed by atoms with Gasteiger partial charge in [0.1, 0.15) is 0 Å². The summed E-state index contributed by atoms with van der Waals surface area (Å²) in [5.41, 5.74) is 3.47. The van der Waals surface area contributed by atoms with Crippen LogP contribution in [0.1, 0.15) is 25.5 Å². The predicted octanol–water partition coefficient (Wildman–Crippen LogP) is 1.96. The molecule has 0 aliphatic rings. The molecule has 4 nitrogen and oxygen atoms in total. The number of fused-ring (bicyclic) bond motifs is 1. The van der Waals surface area contributed by atoms with Gasteiger partial charge in [-0.25, -0.2) is 4.52 Å². The van der Waals surface area contributed by atoms with Gasteiger partial charge in [-0.15, -0.1) is 0 Å². The van der Waals surface area contributed by atoms with E-state index in [2.05, 4.69) is 35.3 Å². The quantitative estimate of drug-likeness (QED) is 0.797. The third-order valence-electron chi connectivity index (χ3n) is 2.50. The van der Waals surface area contributed by atoms with Crippen molar-refractivity contribution < 1.29 is 0 Å². The van der Waals surface area contributed by atoms with Crippen LogP contribution in [-0.4, -0.2) is 21.6 Å². The van der Waals surface area contributed by atoms with Crippen molar-refractivity contribution in [2.24, 2.45) is 0 Å². The number of allylic oxidation sites excluding steroid dienone is 1. The van der Waals surface area contributed by atoms with E-state index in [9.17, 15) is 0 Å². The van der Waals surface area contributed by atoms with Gasteiger partial charge in [0.05, 0.1) is 24.0 Å². The molecule has 0 saturated heterocycles. The van der Waals surface area contributed by atoms with Crippen LogP contribution in [0.5, 0.6) is 0 Å². The van der Waals surface area contributed by atoms with Crippen LogP contribution in [-0.2, 0) is 0 Å². The van der Waals surface area contributed by atoms with E-state index in [4.69, 9.17) is 0 Å². The van der Waals surface area contributed by atoms with Crippen molar-refractivity contribution in [2.45, 2.75) is 19.9 Å². The summed E-state index contributed by atoms with van der Waals surface area (Å²) in [7, 11) is 1.95. The number of nitrogens with zero attached hydrogens (tertiary/aromatic N) is 3. The first-order valence-electron chi connectivity index (χ1n) is 5.32. The van der Waals surface area contributed by atoms with Gasteiger partial charge in [0, 0.05) is 18.0 Å². The van der Waals surface area contributed by atoms with Gasteiger partial charge in [0.15, 0.2) is 0 Å². The lowest BCUT2D eigenvalue weighted by Crippen LogP contribution is -2.14. The normalized spacial score (nSPS) is 12.7. The number of aromatic nitrogens is 3. The van der Waals surface area contributed by atoms with Crippen LogP contribution in [0.3, 0.4) is 0 Å². The lowest BCUT2D eigenvalue weighted by molar-refractivity contribution is 0.714. The zero-order valence-electron chi connectivity index (χ0n) is 9.81. The van der Waals surface area contributed by atoms with Crippen molar-refractivity contribution in [3.8, 4) is 0 Å². The van der Waals surface area contributed by atoms with Crippen LogP contribution in [0.15, 0.2) is 36.4 Å². The minimum absolute atomic E-state index is 0.187. The van der Waals surface area contributed by atoms with Crippen molar-refractivity contribution in [3.63, 3.8) is 0 Å². The Labute approximate surface area is 95.0 Å². The van der Waals surface area contributed by atoms with Crippen molar-refractivity contribution in [3.05, 3.63) is 42.0 Å². The minimum atomic E-state index is 0.187. The predicted molar refractivity (Wildman–Crippen MR) is 64.2 cm³/mol. The average molecular weight is 216 g/mol. The molecule has 4 heteroatoms. The first kappa shape index (κ1) is 10.8. The molecule has 1 atom stereocenters. The van der Waals surface area contributed by atoms with Gasteiger partial charge >= 0.3 is 0 Å². The molecule has 0 aromatic carbocycles. The summed E-state index contributed by atoms with van der Waals surface area (Å²) in [6.07, 6.45) is 9.50. The Morgan fingerprint density at radius 3 is 2.94 bits per heavy atom. The fourth-order valence-corrected chi connectivity index (χ4v) is 1.75. The SMILES string of the molecule is CNC(C=C(C)C)c1cnn2ccncc12. The van der Waals surface area contributed by atoms with E-state index < -0.39 is 0 Å². The first-order valence-corrected chi connectivity index (χ1v) is 5.32. The maximum Gasteiger partial charge on any atom is 0.0895 e. The first-order chi connectivity index (χ1) is 7.72. The number of rotatable bonds is 3. The smallest absolute Gasteiger partial charge is 0.0895 e. The zero-order valence-corrected chi connectivity index (χ0v) is 9.81. The van der Waals surface area contributed by atoms with Gasteiger partial charge < -0.3 is 5.32 Å². The van der Waals surface area contributed by atoms with Gasteiger partial charge in [-0.05, 0) is 20.9 Å². The van der Waals surface area contributed by atoms with E-state index in [1.165, 1.54) is 5.57 Å². The molecular formula is C12H16N4. The highest BCUT2D eigenvalue weighted by Crippen LogP contribution is 2.20. The fourth-order valence-electron chi connectivity index (χ4n) is 1.75.